The lowest BCUT2D eigenvalue weighted by molar-refractivity contribution is -0.386. The summed E-state index contributed by atoms with van der Waals surface area (Å²) in [4.78, 5) is 38.7. The molecule has 0 aliphatic carbocycles. The minimum Gasteiger partial charge on any atom is -0.477 e. The summed E-state index contributed by atoms with van der Waals surface area (Å²) < 4.78 is 34.9. The minimum atomic E-state index is -3.08. The van der Waals surface area contributed by atoms with Crippen molar-refractivity contribution in [2.45, 2.75) is 432 Å². The van der Waals surface area contributed by atoms with Crippen molar-refractivity contribution >= 4 is 17.8 Å². The van der Waals surface area contributed by atoms with E-state index in [2.05, 4.69) is 36.6 Å². The number of carboxylic acids is 1. The quantitative estimate of drug-likeness (QED) is 0.0199. The molecule has 3 saturated heterocycles. The molecular weight excluding hydrogens is 1290 g/mol. The Kier molecular flexibility index (Phi) is 52.0. The Morgan fingerprint density at radius 3 is 1.35 bits per heavy atom. The summed E-state index contributed by atoms with van der Waals surface area (Å²) in [5.41, 5.74) is 0. The number of carboxylic acid groups (broad SMARTS) is 1. The van der Waals surface area contributed by atoms with Crippen molar-refractivity contribution in [1.29, 1.82) is 0 Å². The van der Waals surface area contributed by atoms with Crippen molar-refractivity contribution in [2.75, 3.05) is 26.4 Å². The smallest absolute Gasteiger partial charge is 0.364 e. The third-order valence-electron chi connectivity index (χ3n) is 20.5. The lowest BCUT2D eigenvalue weighted by atomic mass is 9.88. The lowest BCUT2D eigenvalue weighted by Crippen LogP contribution is -2.70. The SMILES string of the molecule is CCCCCCCCCCCCCC/C=C\CCCCCCCCCCCCCCCCCC(=O)NC(COC1OC(CO)C(OC2OC(CO)C(O)C(OC3(C(=O)O)CC(O)C(NC(C)=O)C(C(O)C(O)CO)O3)C2O)C(O)C1O)C(O)CCCCCCCCCCCCCCCCC. The van der Waals surface area contributed by atoms with E-state index in [1.54, 1.807) is 0 Å². The van der Waals surface area contributed by atoms with E-state index in [-0.39, 0.29) is 18.9 Å². The number of aliphatic hydroxyl groups is 11. The Labute approximate surface area is 601 Å². The molecular formula is C77H144N2O21. The van der Waals surface area contributed by atoms with Gasteiger partial charge in [-0.05, 0) is 38.5 Å². The molecule has 3 rings (SSSR count). The molecule has 100 heavy (non-hydrogen) atoms. The highest BCUT2D eigenvalue weighted by Crippen LogP contribution is 2.39. The van der Waals surface area contributed by atoms with Crippen molar-refractivity contribution in [3.8, 4) is 0 Å². The number of aliphatic hydroxyl groups excluding tert-OH is 11. The molecule has 18 unspecified atom stereocenters. The number of amides is 2. The maximum Gasteiger partial charge on any atom is 0.364 e. The zero-order chi connectivity index (χ0) is 73.2. The normalized spacial score (nSPS) is 27.0. The fourth-order valence-electron chi connectivity index (χ4n) is 14.1. The minimum absolute atomic E-state index is 0.227. The van der Waals surface area contributed by atoms with Gasteiger partial charge in [-0.1, -0.05) is 276 Å². The van der Waals surface area contributed by atoms with Gasteiger partial charge in [-0.25, -0.2) is 4.79 Å². The van der Waals surface area contributed by atoms with Gasteiger partial charge in [-0.15, -0.1) is 0 Å². The van der Waals surface area contributed by atoms with Crippen LogP contribution in [0.4, 0.5) is 0 Å². The number of carbonyl (C=O) groups is 3. The van der Waals surface area contributed by atoms with E-state index in [4.69, 9.17) is 28.4 Å². The van der Waals surface area contributed by atoms with E-state index >= 15 is 0 Å². The molecule has 0 aromatic rings. The molecule has 0 bridgehead atoms. The van der Waals surface area contributed by atoms with Crippen molar-refractivity contribution in [3.63, 3.8) is 0 Å². The van der Waals surface area contributed by atoms with E-state index in [0.717, 1.165) is 58.3 Å². The van der Waals surface area contributed by atoms with Gasteiger partial charge in [0.15, 0.2) is 12.6 Å². The van der Waals surface area contributed by atoms with E-state index < -0.39 is 148 Å². The van der Waals surface area contributed by atoms with E-state index in [1.165, 1.54) is 218 Å². The first kappa shape index (κ1) is 91.7. The van der Waals surface area contributed by atoms with Gasteiger partial charge in [0.1, 0.15) is 67.1 Å². The van der Waals surface area contributed by atoms with Crippen LogP contribution in [0.1, 0.15) is 323 Å². The summed E-state index contributed by atoms with van der Waals surface area (Å²) in [5, 5.41) is 136. The number of hydrogen-bond acceptors (Lipinski definition) is 20. The van der Waals surface area contributed by atoms with Gasteiger partial charge in [0, 0.05) is 19.8 Å². The second-order valence-electron chi connectivity index (χ2n) is 29.3. The zero-order valence-electron chi connectivity index (χ0n) is 62.1. The molecule has 18 atom stereocenters. The van der Waals surface area contributed by atoms with Gasteiger partial charge in [0.2, 0.25) is 11.8 Å². The number of carbonyl (C=O) groups excluding carboxylic acids is 2. The number of aliphatic carboxylic acids is 1. The van der Waals surface area contributed by atoms with Crippen molar-refractivity contribution < 1.29 is 104 Å². The molecule has 3 aliphatic heterocycles. The predicted molar refractivity (Wildman–Crippen MR) is 385 cm³/mol. The van der Waals surface area contributed by atoms with Crippen LogP contribution in [0.5, 0.6) is 0 Å². The third-order valence-corrected chi connectivity index (χ3v) is 20.5. The Bertz CT molecular complexity index is 2050. The number of allylic oxidation sites excluding steroid dienone is 2. The average molecular weight is 1430 g/mol. The number of unbranched alkanes of at least 4 members (excludes halogenated alkanes) is 41. The van der Waals surface area contributed by atoms with Crippen LogP contribution in [-0.2, 0) is 42.8 Å². The number of hydrogen-bond donors (Lipinski definition) is 14. The standard InChI is InChI=1S/C77H144N2O21/c1-4-6-8-10-12-14-16-18-20-21-22-23-24-25-26-27-28-29-30-31-32-33-34-35-37-39-41-43-45-47-49-51-64(87)79-58(59(84)50-48-46-44-42-40-38-36-19-17-15-13-11-9-7-5-2)56-95-74-69(91)68(90)71(63(55-82)97-74)98-75-70(92)73(67(89)62(54-81)96-75)100-77(76(93)94)52-60(85)65(78-57(3)83)72(99-77)66(88)61(86)53-80/h25-26,58-63,65-75,80-82,84-86,88-92H,4-24,27-56H2,1-3H3,(H,78,83)(H,79,87)(H,93,94)/b26-25-. The maximum absolute atomic E-state index is 13.5. The fourth-order valence-corrected chi connectivity index (χ4v) is 14.1. The second kappa shape index (κ2) is 56.8. The molecule has 3 heterocycles. The maximum atomic E-state index is 13.5. The number of rotatable bonds is 63. The van der Waals surface area contributed by atoms with Gasteiger partial charge >= 0.3 is 5.97 Å². The van der Waals surface area contributed by atoms with Gasteiger partial charge in [0.25, 0.3) is 5.79 Å². The topological polar surface area (TPSA) is 373 Å². The second-order valence-corrected chi connectivity index (χ2v) is 29.3. The van der Waals surface area contributed by atoms with Crippen molar-refractivity contribution in [3.05, 3.63) is 12.2 Å². The van der Waals surface area contributed by atoms with E-state index in [1.807, 2.05) is 0 Å². The van der Waals surface area contributed by atoms with E-state index in [9.17, 15) is 75.7 Å². The van der Waals surface area contributed by atoms with Crippen LogP contribution in [0.15, 0.2) is 12.2 Å². The first-order chi connectivity index (χ1) is 48.4. The van der Waals surface area contributed by atoms with Gasteiger partial charge in [0.05, 0.1) is 50.7 Å². The Balaban J connectivity index is 1.47. The highest BCUT2D eigenvalue weighted by atomic mass is 16.8. The summed E-state index contributed by atoms with van der Waals surface area (Å²) in [6.07, 6.45) is 30.8. The summed E-state index contributed by atoms with van der Waals surface area (Å²) in [6.45, 7) is 2.24. The van der Waals surface area contributed by atoms with Crippen LogP contribution in [0.2, 0.25) is 0 Å². The summed E-state index contributed by atoms with van der Waals surface area (Å²) in [5.74, 6) is -6.09. The fraction of sp³-hybridized carbons (Fsp3) is 0.935. The van der Waals surface area contributed by atoms with E-state index in [0.29, 0.717) is 19.3 Å². The molecule has 588 valence electrons. The van der Waals surface area contributed by atoms with Gasteiger partial charge in [-0.3, -0.25) is 9.59 Å². The molecule has 0 spiro atoms. The molecule has 14 N–H and O–H groups in total. The molecule has 0 aromatic heterocycles. The number of nitrogens with one attached hydrogen (secondary N) is 2. The lowest BCUT2D eigenvalue weighted by Gasteiger charge is -2.50. The Morgan fingerprint density at radius 2 is 0.930 bits per heavy atom. The monoisotopic (exact) mass is 1430 g/mol. The van der Waals surface area contributed by atoms with Crippen LogP contribution in [0.3, 0.4) is 0 Å². The highest BCUT2D eigenvalue weighted by Gasteiger charge is 2.60. The van der Waals surface area contributed by atoms with Crippen LogP contribution < -0.4 is 10.6 Å². The van der Waals surface area contributed by atoms with Crippen molar-refractivity contribution in [1.82, 2.24) is 10.6 Å². The average Bonchev–Trinajstić information content (AvgIpc) is 0.748. The van der Waals surface area contributed by atoms with Crippen LogP contribution >= 0.6 is 0 Å². The Morgan fingerprint density at radius 1 is 0.510 bits per heavy atom. The molecule has 0 saturated carbocycles. The first-order valence-corrected chi connectivity index (χ1v) is 40.0. The molecule has 23 nitrogen and oxygen atoms in total. The molecule has 2 amide bonds. The molecule has 0 aromatic carbocycles. The molecule has 3 aliphatic rings. The van der Waals surface area contributed by atoms with Crippen LogP contribution in [0.25, 0.3) is 0 Å². The largest absolute Gasteiger partial charge is 0.477 e. The third kappa shape index (κ3) is 37.1. The van der Waals surface area contributed by atoms with Gasteiger partial charge < -0.3 is 100 Å². The highest BCUT2D eigenvalue weighted by molar-refractivity contribution is 5.77. The zero-order valence-corrected chi connectivity index (χ0v) is 62.1. The predicted octanol–water partition coefficient (Wildman–Crippen LogP) is 10.2. The molecule has 3 fully saturated rings. The van der Waals surface area contributed by atoms with Crippen LogP contribution in [0, 0.1) is 0 Å². The van der Waals surface area contributed by atoms with Crippen molar-refractivity contribution in [2.24, 2.45) is 0 Å². The summed E-state index contributed by atoms with van der Waals surface area (Å²) in [7, 11) is 0. The van der Waals surface area contributed by atoms with Crippen LogP contribution in [-0.4, -0.2) is 215 Å². The van der Waals surface area contributed by atoms with Gasteiger partial charge in [-0.2, -0.15) is 0 Å². The summed E-state index contributed by atoms with van der Waals surface area (Å²) in [6, 6.07) is -2.53. The molecule has 23 heteroatoms. The molecule has 0 radical (unpaired) electrons. The first-order valence-electron chi connectivity index (χ1n) is 40.0. The Hall–Kier alpha value is -2.53. The number of ether oxygens (including phenoxy) is 6. The summed E-state index contributed by atoms with van der Waals surface area (Å²) >= 11 is 0.